The first kappa shape index (κ1) is 15.7. The summed E-state index contributed by atoms with van der Waals surface area (Å²) < 4.78 is 0. The topological polar surface area (TPSA) is 12.0 Å². The van der Waals surface area contributed by atoms with Crippen molar-refractivity contribution < 1.29 is 0 Å². The molecule has 0 fully saturated rings. The molecule has 0 aliphatic rings. The van der Waals surface area contributed by atoms with Gasteiger partial charge in [-0.1, -0.05) is 52.4 Å². The van der Waals surface area contributed by atoms with Crippen molar-refractivity contribution in [2.45, 2.75) is 58.8 Å². The van der Waals surface area contributed by atoms with Crippen LogP contribution in [0.1, 0.15) is 58.8 Å². The van der Waals surface area contributed by atoms with Gasteiger partial charge in [-0.15, -0.1) is 12.4 Å². The lowest BCUT2D eigenvalue weighted by atomic mass is 10.1. The van der Waals surface area contributed by atoms with Gasteiger partial charge in [0, 0.05) is 0 Å². The molecular weight excluding hydrogens is 182 g/mol. The summed E-state index contributed by atoms with van der Waals surface area (Å²) in [5, 5.41) is 3.35. The fourth-order valence-corrected chi connectivity index (χ4v) is 1.38. The van der Waals surface area contributed by atoms with Crippen LogP contribution in [0.2, 0.25) is 0 Å². The van der Waals surface area contributed by atoms with E-state index in [1.165, 1.54) is 51.5 Å². The molecule has 0 atom stereocenters. The minimum Gasteiger partial charge on any atom is -0.317 e. The molecule has 0 bridgehead atoms. The molecule has 0 aromatic carbocycles. The van der Waals surface area contributed by atoms with Crippen LogP contribution in [0.4, 0.5) is 0 Å². The van der Waals surface area contributed by atoms with Gasteiger partial charge in [0.1, 0.15) is 0 Å². The van der Waals surface area contributed by atoms with Crippen LogP contribution in [-0.4, -0.2) is 13.1 Å². The Morgan fingerprint density at radius 3 is 1.85 bits per heavy atom. The van der Waals surface area contributed by atoms with E-state index in [0.717, 1.165) is 6.54 Å². The molecule has 0 spiro atoms. The highest BCUT2D eigenvalue weighted by atomic mass is 35.5. The van der Waals surface area contributed by atoms with E-state index in [1.807, 2.05) is 0 Å². The van der Waals surface area contributed by atoms with Crippen molar-refractivity contribution >= 4 is 12.4 Å². The molecule has 0 amide bonds. The van der Waals surface area contributed by atoms with Crippen molar-refractivity contribution in [3.05, 3.63) is 0 Å². The lowest BCUT2D eigenvalue weighted by molar-refractivity contribution is 0.569. The maximum Gasteiger partial charge on any atom is -0.00490 e. The molecule has 0 aliphatic carbocycles. The quantitative estimate of drug-likeness (QED) is 0.568. The van der Waals surface area contributed by atoms with E-state index < -0.39 is 0 Å². The molecule has 0 aromatic rings. The third kappa shape index (κ3) is 15.0. The van der Waals surface area contributed by atoms with Crippen LogP contribution in [0.25, 0.3) is 0 Å². The van der Waals surface area contributed by atoms with Gasteiger partial charge in [-0.05, 0) is 19.5 Å². The van der Waals surface area contributed by atoms with Gasteiger partial charge in [0.05, 0.1) is 0 Å². The number of unbranched alkanes of at least 4 members (excludes halogenated alkanes) is 6. The maximum atomic E-state index is 3.35. The molecule has 0 aromatic heterocycles. The lowest BCUT2D eigenvalue weighted by Gasteiger charge is -2.01. The summed E-state index contributed by atoms with van der Waals surface area (Å²) in [5.41, 5.74) is 0. The molecule has 0 saturated carbocycles. The number of hydrogen-bond donors (Lipinski definition) is 1. The van der Waals surface area contributed by atoms with Crippen molar-refractivity contribution in [2.24, 2.45) is 0 Å². The van der Waals surface area contributed by atoms with Gasteiger partial charge >= 0.3 is 0 Å². The summed E-state index contributed by atoms with van der Waals surface area (Å²) in [6.45, 7) is 6.77. The van der Waals surface area contributed by atoms with Crippen LogP contribution < -0.4 is 5.32 Å². The first-order valence-corrected chi connectivity index (χ1v) is 5.62. The highest BCUT2D eigenvalue weighted by Gasteiger charge is 1.89. The largest absolute Gasteiger partial charge is 0.317 e. The molecule has 13 heavy (non-hydrogen) atoms. The number of rotatable bonds is 9. The summed E-state index contributed by atoms with van der Waals surface area (Å²) in [6.07, 6.45) is 9.88. The Balaban J connectivity index is 0. The molecule has 82 valence electrons. The van der Waals surface area contributed by atoms with Gasteiger partial charge < -0.3 is 5.32 Å². The molecule has 0 radical (unpaired) electrons. The van der Waals surface area contributed by atoms with Crippen molar-refractivity contribution in [3.8, 4) is 0 Å². The van der Waals surface area contributed by atoms with Gasteiger partial charge in [-0.2, -0.15) is 0 Å². The number of nitrogens with one attached hydrogen (secondary N) is 1. The normalized spacial score (nSPS) is 9.69. The van der Waals surface area contributed by atoms with E-state index >= 15 is 0 Å². The summed E-state index contributed by atoms with van der Waals surface area (Å²) in [6, 6.07) is 0. The Labute approximate surface area is 90.1 Å². The van der Waals surface area contributed by atoms with Crippen LogP contribution >= 0.6 is 12.4 Å². The number of hydrogen-bond acceptors (Lipinski definition) is 1. The summed E-state index contributed by atoms with van der Waals surface area (Å²) in [4.78, 5) is 0. The fraction of sp³-hybridized carbons (Fsp3) is 1.00. The second-order valence-electron chi connectivity index (χ2n) is 3.47. The van der Waals surface area contributed by atoms with Gasteiger partial charge in [0.25, 0.3) is 0 Å². The average molecular weight is 208 g/mol. The standard InChI is InChI=1S/C11H25N.ClH/c1-3-5-6-7-8-9-10-11-12-4-2;/h12H,3-11H2,1-2H3;1H. The molecule has 2 heteroatoms. The Bertz CT molecular complexity index is 66.5. The Kier molecular flexibility index (Phi) is 17.8. The highest BCUT2D eigenvalue weighted by Crippen LogP contribution is 2.05. The summed E-state index contributed by atoms with van der Waals surface area (Å²) >= 11 is 0. The molecule has 0 aliphatic heterocycles. The Morgan fingerprint density at radius 2 is 1.31 bits per heavy atom. The van der Waals surface area contributed by atoms with E-state index in [1.54, 1.807) is 0 Å². The van der Waals surface area contributed by atoms with Crippen molar-refractivity contribution in [3.63, 3.8) is 0 Å². The van der Waals surface area contributed by atoms with E-state index in [9.17, 15) is 0 Å². The van der Waals surface area contributed by atoms with Crippen molar-refractivity contribution in [1.82, 2.24) is 5.32 Å². The SMILES string of the molecule is CCCCCCCCCNCC.Cl. The summed E-state index contributed by atoms with van der Waals surface area (Å²) in [5.74, 6) is 0. The highest BCUT2D eigenvalue weighted by molar-refractivity contribution is 5.85. The average Bonchev–Trinajstić information content (AvgIpc) is 2.10. The van der Waals surface area contributed by atoms with Gasteiger partial charge in [0.15, 0.2) is 0 Å². The predicted molar refractivity (Wildman–Crippen MR) is 63.8 cm³/mol. The van der Waals surface area contributed by atoms with E-state index in [-0.39, 0.29) is 12.4 Å². The predicted octanol–water partition coefficient (Wildman–Crippen LogP) is 3.77. The van der Waals surface area contributed by atoms with E-state index in [4.69, 9.17) is 0 Å². The zero-order valence-corrected chi connectivity index (χ0v) is 10.1. The molecule has 1 N–H and O–H groups in total. The van der Waals surface area contributed by atoms with Crippen LogP contribution in [0.5, 0.6) is 0 Å². The lowest BCUT2D eigenvalue weighted by Crippen LogP contribution is -2.13. The second-order valence-corrected chi connectivity index (χ2v) is 3.47. The minimum atomic E-state index is 0. The first-order chi connectivity index (χ1) is 5.91. The minimum absolute atomic E-state index is 0. The van der Waals surface area contributed by atoms with Crippen molar-refractivity contribution in [1.29, 1.82) is 0 Å². The summed E-state index contributed by atoms with van der Waals surface area (Å²) in [7, 11) is 0. The smallest absolute Gasteiger partial charge is 0.00490 e. The Hall–Kier alpha value is 0.250. The molecule has 1 nitrogen and oxygen atoms in total. The van der Waals surface area contributed by atoms with Crippen LogP contribution in [-0.2, 0) is 0 Å². The third-order valence-corrected chi connectivity index (χ3v) is 2.21. The molecule has 0 unspecified atom stereocenters. The second kappa shape index (κ2) is 14.8. The first-order valence-electron chi connectivity index (χ1n) is 5.62. The Morgan fingerprint density at radius 1 is 0.769 bits per heavy atom. The van der Waals surface area contributed by atoms with Crippen LogP contribution in [0.15, 0.2) is 0 Å². The monoisotopic (exact) mass is 207 g/mol. The van der Waals surface area contributed by atoms with Crippen LogP contribution in [0, 0.1) is 0 Å². The zero-order valence-electron chi connectivity index (χ0n) is 9.27. The molecule has 0 saturated heterocycles. The molecule has 0 rings (SSSR count). The van der Waals surface area contributed by atoms with Gasteiger partial charge in [0.2, 0.25) is 0 Å². The molecule has 0 heterocycles. The van der Waals surface area contributed by atoms with Gasteiger partial charge in [-0.3, -0.25) is 0 Å². The zero-order chi connectivity index (χ0) is 9.07. The molecular formula is C11H26ClN. The maximum absolute atomic E-state index is 3.35. The van der Waals surface area contributed by atoms with E-state index in [0.29, 0.717) is 0 Å². The number of halogens is 1. The van der Waals surface area contributed by atoms with E-state index in [2.05, 4.69) is 19.2 Å². The third-order valence-electron chi connectivity index (χ3n) is 2.21. The fourth-order valence-electron chi connectivity index (χ4n) is 1.38. The van der Waals surface area contributed by atoms with Crippen LogP contribution in [0.3, 0.4) is 0 Å². The van der Waals surface area contributed by atoms with Crippen molar-refractivity contribution in [2.75, 3.05) is 13.1 Å². The van der Waals surface area contributed by atoms with Gasteiger partial charge in [-0.25, -0.2) is 0 Å².